The number of hydrogen-bond acceptors (Lipinski definition) is 4. The molecule has 1 rings (SSSR count). The molecule has 20 heavy (non-hydrogen) atoms. The second kappa shape index (κ2) is 8.92. The van der Waals surface area contributed by atoms with Gasteiger partial charge in [0.05, 0.1) is 6.04 Å². The highest BCUT2D eigenvalue weighted by molar-refractivity contribution is 5.82. The van der Waals surface area contributed by atoms with Crippen molar-refractivity contribution in [1.82, 2.24) is 20.9 Å². The zero-order chi connectivity index (χ0) is 15.0. The van der Waals surface area contributed by atoms with E-state index in [0.29, 0.717) is 25.4 Å². The Kier molecular flexibility index (Phi) is 7.54. The minimum absolute atomic E-state index is 0.00330. The number of amides is 2. The van der Waals surface area contributed by atoms with Crippen LogP contribution < -0.4 is 16.0 Å². The number of carbonyl (C=O) groups is 2. The summed E-state index contributed by atoms with van der Waals surface area (Å²) < 4.78 is 0. The molecule has 1 heterocycles. The van der Waals surface area contributed by atoms with Crippen molar-refractivity contribution in [2.75, 3.05) is 39.3 Å². The van der Waals surface area contributed by atoms with Crippen LogP contribution in [-0.2, 0) is 9.59 Å². The van der Waals surface area contributed by atoms with Gasteiger partial charge >= 0.3 is 0 Å². The molecule has 0 spiro atoms. The Labute approximate surface area is 121 Å². The van der Waals surface area contributed by atoms with E-state index in [-0.39, 0.29) is 17.9 Å². The molecular weight excluding hydrogens is 256 g/mol. The lowest BCUT2D eigenvalue weighted by Gasteiger charge is -2.31. The molecular formula is C14H28N4O2. The van der Waals surface area contributed by atoms with Gasteiger partial charge in [0.15, 0.2) is 0 Å². The van der Waals surface area contributed by atoms with E-state index in [4.69, 9.17) is 0 Å². The average Bonchev–Trinajstić information content (AvgIpc) is 2.45. The van der Waals surface area contributed by atoms with Crippen LogP contribution in [0.5, 0.6) is 0 Å². The van der Waals surface area contributed by atoms with Gasteiger partial charge in [-0.2, -0.15) is 0 Å². The molecule has 0 aliphatic carbocycles. The number of nitrogens with one attached hydrogen (secondary N) is 3. The van der Waals surface area contributed by atoms with E-state index < -0.39 is 0 Å². The predicted octanol–water partition coefficient (Wildman–Crippen LogP) is -0.441. The van der Waals surface area contributed by atoms with Crippen LogP contribution in [0.25, 0.3) is 0 Å². The molecule has 0 aromatic heterocycles. The zero-order valence-electron chi connectivity index (χ0n) is 12.9. The second-order valence-corrected chi connectivity index (χ2v) is 5.70. The summed E-state index contributed by atoms with van der Waals surface area (Å²) in [7, 11) is 0. The summed E-state index contributed by atoms with van der Waals surface area (Å²) in [6.07, 6.45) is 0.340. The van der Waals surface area contributed by atoms with E-state index in [1.807, 2.05) is 6.92 Å². The number of rotatable bonds is 7. The van der Waals surface area contributed by atoms with E-state index in [9.17, 15) is 9.59 Å². The lowest BCUT2D eigenvalue weighted by atomic mass is 10.2. The molecule has 1 aliphatic heterocycles. The number of hydrogen-bond donors (Lipinski definition) is 3. The van der Waals surface area contributed by atoms with E-state index in [1.165, 1.54) is 0 Å². The van der Waals surface area contributed by atoms with Crippen molar-refractivity contribution in [1.29, 1.82) is 0 Å². The van der Waals surface area contributed by atoms with Gasteiger partial charge in [0.25, 0.3) is 0 Å². The van der Waals surface area contributed by atoms with Gasteiger partial charge in [-0.3, -0.25) is 14.5 Å². The standard InChI is InChI=1S/C14H28N4O2/c1-11(2)10-17-13(19)4-5-16-14(20)12(3)18-8-6-15-7-9-18/h11-12,15H,4-10H2,1-3H3,(H,16,20)(H,17,19). The molecule has 0 bridgehead atoms. The summed E-state index contributed by atoms with van der Waals surface area (Å²) in [6, 6.07) is -0.129. The van der Waals surface area contributed by atoms with Crippen molar-refractivity contribution in [2.45, 2.75) is 33.2 Å². The summed E-state index contributed by atoms with van der Waals surface area (Å²) in [5.74, 6) is 0.443. The minimum Gasteiger partial charge on any atom is -0.356 e. The first-order valence-corrected chi connectivity index (χ1v) is 7.50. The van der Waals surface area contributed by atoms with Gasteiger partial charge in [-0.25, -0.2) is 0 Å². The van der Waals surface area contributed by atoms with E-state index >= 15 is 0 Å². The van der Waals surface area contributed by atoms with Crippen molar-refractivity contribution >= 4 is 11.8 Å². The molecule has 6 heteroatoms. The van der Waals surface area contributed by atoms with Crippen LogP contribution in [0.2, 0.25) is 0 Å². The average molecular weight is 284 g/mol. The summed E-state index contributed by atoms with van der Waals surface area (Å²) >= 11 is 0. The lowest BCUT2D eigenvalue weighted by molar-refractivity contribution is -0.126. The van der Waals surface area contributed by atoms with Crippen molar-refractivity contribution in [3.63, 3.8) is 0 Å². The number of carbonyl (C=O) groups excluding carboxylic acids is 2. The molecule has 116 valence electrons. The van der Waals surface area contributed by atoms with Crippen LogP contribution in [0.3, 0.4) is 0 Å². The van der Waals surface area contributed by atoms with Crippen molar-refractivity contribution in [3.05, 3.63) is 0 Å². The molecule has 1 atom stereocenters. The predicted molar refractivity (Wildman–Crippen MR) is 79.4 cm³/mol. The summed E-state index contributed by atoms with van der Waals surface area (Å²) in [4.78, 5) is 25.7. The van der Waals surface area contributed by atoms with Crippen LogP contribution in [-0.4, -0.2) is 62.0 Å². The Bertz CT molecular complexity index is 314. The van der Waals surface area contributed by atoms with Gasteiger partial charge < -0.3 is 16.0 Å². The third kappa shape index (κ3) is 6.34. The Morgan fingerprint density at radius 3 is 2.40 bits per heavy atom. The molecule has 0 aromatic rings. The van der Waals surface area contributed by atoms with Gasteiger partial charge in [-0.05, 0) is 12.8 Å². The first kappa shape index (κ1) is 16.9. The van der Waals surface area contributed by atoms with Crippen molar-refractivity contribution in [2.24, 2.45) is 5.92 Å². The van der Waals surface area contributed by atoms with Crippen molar-refractivity contribution < 1.29 is 9.59 Å². The summed E-state index contributed by atoms with van der Waals surface area (Å²) in [5.41, 5.74) is 0. The molecule has 0 radical (unpaired) electrons. The first-order valence-electron chi connectivity index (χ1n) is 7.50. The van der Waals surface area contributed by atoms with Crippen LogP contribution in [0, 0.1) is 5.92 Å². The van der Waals surface area contributed by atoms with Gasteiger partial charge in [0.2, 0.25) is 11.8 Å². The maximum Gasteiger partial charge on any atom is 0.237 e. The van der Waals surface area contributed by atoms with Gasteiger partial charge in [0, 0.05) is 45.7 Å². The molecule has 1 saturated heterocycles. The fourth-order valence-electron chi connectivity index (χ4n) is 2.09. The fraction of sp³-hybridized carbons (Fsp3) is 0.857. The SMILES string of the molecule is CC(C)CNC(=O)CCNC(=O)C(C)N1CCNCC1. The molecule has 0 aromatic carbocycles. The highest BCUT2D eigenvalue weighted by Crippen LogP contribution is 2.00. The highest BCUT2D eigenvalue weighted by Gasteiger charge is 2.22. The topological polar surface area (TPSA) is 73.5 Å². The first-order chi connectivity index (χ1) is 9.50. The Morgan fingerprint density at radius 2 is 1.80 bits per heavy atom. The molecule has 3 N–H and O–H groups in total. The molecule has 6 nitrogen and oxygen atoms in total. The number of piperazine rings is 1. The monoisotopic (exact) mass is 284 g/mol. The highest BCUT2D eigenvalue weighted by atomic mass is 16.2. The summed E-state index contributed by atoms with van der Waals surface area (Å²) in [6.45, 7) is 10.7. The quantitative estimate of drug-likeness (QED) is 0.592. The van der Waals surface area contributed by atoms with Gasteiger partial charge in [-0.1, -0.05) is 13.8 Å². The largest absolute Gasteiger partial charge is 0.356 e. The van der Waals surface area contributed by atoms with Crippen LogP contribution in [0.1, 0.15) is 27.2 Å². The maximum atomic E-state index is 12.0. The smallest absolute Gasteiger partial charge is 0.237 e. The van der Waals surface area contributed by atoms with Crippen LogP contribution in [0.15, 0.2) is 0 Å². The Hall–Kier alpha value is -1.14. The second-order valence-electron chi connectivity index (χ2n) is 5.70. The zero-order valence-corrected chi connectivity index (χ0v) is 12.9. The Morgan fingerprint density at radius 1 is 1.15 bits per heavy atom. The van der Waals surface area contributed by atoms with Crippen LogP contribution >= 0.6 is 0 Å². The van der Waals surface area contributed by atoms with E-state index in [2.05, 4.69) is 34.7 Å². The van der Waals surface area contributed by atoms with E-state index in [0.717, 1.165) is 26.2 Å². The third-order valence-corrected chi connectivity index (χ3v) is 3.44. The molecule has 0 saturated carbocycles. The maximum absolute atomic E-state index is 12.0. The fourth-order valence-corrected chi connectivity index (χ4v) is 2.09. The minimum atomic E-state index is -0.129. The third-order valence-electron chi connectivity index (χ3n) is 3.44. The molecule has 1 aliphatic rings. The Balaban J connectivity index is 2.17. The summed E-state index contributed by atoms with van der Waals surface area (Å²) in [5, 5.41) is 8.94. The van der Waals surface area contributed by atoms with E-state index in [1.54, 1.807) is 0 Å². The van der Waals surface area contributed by atoms with Gasteiger partial charge in [-0.15, -0.1) is 0 Å². The number of nitrogens with zero attached hydrogens (tertiary/aromatic N) is 1. The normalized spacial score (nSPS) is 17.8. The molecule has 2 amide bonds. The van der Waals surface area contributed by atoms with Crippen molar-refractivity contribution in [3.8, 4) is 0 Å². The van der Waals surface area contributed by atoms with Crippen LogP contribution in [0.4, 0.5) is 0 Å². The molecule has 1 unspecified atom stereocenters. The lowest BCUT2D eigenvalue weighted by Crippen LogP contribution is -2.52. The van der Waals surface area contributed by atoms with Gasteiger partial charge in [0.1, 0.15) is 0 Å². The molecule has 1 fully saturated rings.